The molecule has 0 spiro atoms. The zero-order chi connectivity index (χ0) is 24.4. The second kappa shape index (κ2) is 9.81. The summed E-state index contributed by atoms with van der Waals surface area (Å²) >= 11 is 1.41. The summed E-state index contributed by atoms with van der Waals surface area (Å²) in [6.45, 7) is 8.59. The molecular weight excluding hydrogens is 446 g/mol. The fraction of sp³-hybridized carbons (Fsp3) is 0.296. The summed E-state index contributed by atoms with van der Waals surface area (Å²) in [7, 11) is 1.59. The molecule has 1 unspecified atom stereocenters. The number of amides is 1. The average molecular weight is 476 g/mol. The van der Waals surface area contributed by atoms with Gasteiger partial charge >= 0.3 is 0 Å². The molecule has 1 amide bonds. The van der Waals surface area contributed by atoms with E-state index >= 15 is 0 Å². The van der Waals surface area contributed by atoms with Crippen molar-refractivity contribution in [3.63, 3.8) is 0 Å². The third-order valence-electron chi connectivity index (χ3n) is 5.77. The number of aromatic nitrogens is 2. The molecule has 0 fully saturated rings. The van der Waals surface area contributed by atoms with Crippen molar-refractivity contribution in [2.24, 2.45) is 5.92 Å². The Morgan fingerprint density at radius 3 is 2.56 bits per heavy atom. The summed E-state index contributed by atoms with van der Waals surface area (Å²) in [4.78, 5) is 34.8. The summed E-state index contributed by atoms with van der Waals surface area (Å²) in [5.74, 6) is 1.23. The van der Waals surface area contributed by atoms with Gasteiger partial charge < -0.3 is 9.64 Å². The molecule has 2 aromatic heterocycles. The van der Waals surface area contributed by atoms with E-state index in [-0.39, 0.29) is 17.4 Å². The van der Waals surface area contributed by atoms with Crippen molar-refractivity contribution in [1.29, 1.82) is 0 Å². The predicted molar refractivity (Wildman–Crippen MR) is 137 cm³/mol. The molecule has 0 aliphatic rings. The number of methoxy groups -OCH3 is 1. The van der Waals surface area contributed by atoms with Crippen LogP contribution in [0.3, 0.4) is 0 Å². The highest BCUT2D eigenvalue weighted by atomic mass is 32.1. The zero-order valence-corrected chi connectivity index (χ0v) is 20.9. The Labute approximate surface area is 203 Å². The lowest BCUT2D eigenvalue weighted by Crippen LogP contribution is -2.39. The van der Waals surface area contributed by atoms with E-state index in [1.165, 1.54) is 11.3 Å². The monoisotopic (exact) mass is 475 g/mol. The van der Waals surface area contributed by atoms with Crippen LogP contribution in [-0.4, -0.2) is 34.0 Å². The molecule has 0 saturated heterocycles. The van der Waals surface area contributed by atoms with Crippen molar-refractivity contribution >= 4 is 28.1 Å². The van der Waals surface area contributed by atoms with Crippen molar-refractivity contribution in [3.05, 3.63) is 86.6 Å². The predicted octanol–water partition coefficient (Wildman–Crippen LogP) is 5.62. The smallest absolute Gasteiger partial charge is 0.266 e. The Kier molecular flexibility index (Phi) is 6.84. The van der Waals surface area contributed by atoms with Gasteiger partial charge in [0, 0.05) is 6.54 Å². The Hall–Kier alpha value is -3.45. The first-order chi connectivity index (χ1) is 16.3. The minimum absolute atomic E-state index is 0.0682. The molecule has 0 saturated carbocycles. The van der Waals surface area contributed by atoms with Gasteiger partial charge in [0.1, 0.15) is 11.6 Å². The van der Waals surface area contributed by atoms with E-state index in [9.17, 15) is 9.59 Å². The van der Waals surface area contributed by atoms with Crippen molar-refractivity contribution in [3.8, 4) is 11.4 Å². The minimum atomic E-state index is -0.459. The lowest BCUT2D eigenvalue weighted by atomic mass is 10.1. The van der Waals surface area contributed by atoms with E-state index in [2.05, 4.69) is 13.8 Å². The second-order valence-electron chi connectivity index (χ2n) is 8.81. The van der Waals surface area contributed by atoms with Crippen LogP contribution < -0.4 is 10.3 Å². The number of hydrogen-bond donors (Lipinski definition) is 0. The molecule has 0 radical (unpaired) electrons. The van der Waals surface area contributed by atoms with Gasteiger partial charge in [0.2, 0.25) is 0 Å². The minimum Gasteiger partial charge on any atom is -0.495 e. The largest absolute Gasteiger partial charge is 0.495 e. The SMILES string of the molecule is COc1ccc(C)cc1-n1c(C(C)N(CC(C)C)C(=O)c2cccs2)nc2ccccc2c1=O. The van der Waals surface area contributed by atoms with Crippen molar-refractivity contribution in [1.82, 2.24) is 14.5 Å². The molecule has 0 N–H and O–H groups in total. The highest BCUT2D eigenvalue weighted by molar-refractivity contribution is 7.12. The summed E-state index contributed by atoms with van der Waals surface area (Å²) < 4.78 is 7.23. The summed E-state index contributed by atoms with van der Waals surface area (Å²) in [5, 5.41) is 2.41. The van der Waals surface area contributed by atoms with Crippen molar-refractivity contribution in [2.75, 3.05) is 13.7 Å². The molecular formula is C27H29N3O3S. The average Bonchev–Trinajstić information content (AvgIpc) is 3.36. The van der Waals surface area contributed by atoms with Crippen LogP contribution in [0.1, 0.15) is 47.9 Å². The van der Waals surface area contributed by atoms with E-state index in [0.29, 0.717) is 39.6 Å². The fourth-order valence-corrected chi connectivity index (χ4v) is 4.81. The van der Waals surface area contributed by atoms with Crippen LogP contribution >= 0.6 is 11.3 Å². The number of fused-ring (bicyclic) bond motifs is 1. The van der Waals surface area contributed by atoms with Crippen LogP contribution in [0.15, 0.2) is 64.8 Å². The van der Waals surface area contributed by atoms with E-state index in [0.717, 1.165) is 5.56 Å². The Morgan fingerprint density at radius 1 is 1.12 bits per heavy atom. The van der Waals surface area contributed by atoms with E-state index < -0.39 is 6.04 Å². The molecule has 2 aromatic carbocycles. The lowest BCUT2D eigenvalue weighted by molar-refractivity contribution is 0.0660. The Balaban J connectivity index is 1.98. The zero-order valence-electron chi connectivity index (χ0n) is 20.1. The maximum absolute atomic E-state index is 13.8. The van der Waals surface area contributed by atoms with Gasteiger partial charge in [-0.2, -0.15) is 0 Å². The molecule has 1 atom stereocenters. The topological polar surface area (TPSA) is 64.4 Å². The molecule has 4 aromatic rings. The summed E-state index contributed by atoms with van der Waals surface area (Å²) in [6, 6.07) is 16.3. The molecule has 4 rings (SSSR count). The number of para-hydroxylation sites is 1. The van der Waals surface area contributed by atoms with Crippen LogP contribution in [0.2, 0.25) is 0 Å². The molecule has 176 valence electrons. The van der Waals surface area contributed by atoms with Gasteiger partial charge in [-0.1, -0.05) is 38.1 Å². The highest BCUT2D eigenvalue weighted by Gasteiger charge is 2.29. The van der Waals surface area contributed by atoms with Crippen LogP contribution in [0, 0.1) is 12.8 Å². The maximum atomic E-state index is 13.8. The molecule has 0 bridgehead atoms. The van der Waals surface area contributed by atoms with Crippen LogP contribution in [-0.2, 0) is 0 Å². The first kappa shape index (κ1) is 23.7. The van der Waals surface area contributed by atoms with Crippen LogP contribution in [0.25, 0.3) is 16.6 Å². The summed E-state index contributed by atoms with van der Waals surface area (Å²) in [6.07, 6.45) is 0. The van der Waals surface area contributed by atoms with Crippen molar-refractivity contribution in [2.45, 2.75) is 33.7 Å². The van der Waals surface area contributed by atoms with Gasteiger partial charge in [-0.05, 0) is 61.0 Å². The Morgan fingerprint density at radius 2 is 1.88 bits per heavy atom. The molecule has 6 nitrogen and oxygen atoms in total. The second-order valence-corrected chi connectivity index (χ2v) is 9.76. The number of aryl methyl sites for hydroxylation is 1. The van der Waals surface area contributed by atoms with Crippen LogP contribution in [0.4, 0.5) is 0 Å². The third kappa shape index (κ3) is 4.48. The molecule has 34 heavy (non-hydrogen) atoms. The number of ether oxygens (including phenoxy) is 1. The van der Waals surface area contributed by atoms with Gasteiger partial charge in [0.05, 0.1) is 34.6 Å². The number of thiophene rings is 1. The van der Waals surface area contributed by atoms with Crippen LogP contribution in [0.5, 0.6) is 5.75 Å². The van der Waals surface area contributed by atoms with E-state index in [4.69, 9.17) is 9.72 Å². The van der Waals surface area contributed by atoms with Gasteiger partial charge in [-0.15, -0.1) is 11.3 Å². The molecule has 7 heteroatoms. The van der Waals surface area contributed by atoms with Gasteiger partial charge in [-0.25, -0.2) is 4.98 Å². The fourth-order valence-electron chi connectivity index (χ4n) is 4.13. The standard InChI is InChI=1S/C27H29N3O3S/c1-17(2)16-29(27(32)24-11-8-14-34-24)19(4)25-28-21-10-7-6-9-20(21)26(31)30(25)22-15-18(3)12-13-23(22)33-5/h6-15,17,19H,16H2,1-5H3. The molecule has 2 heterocycles. The quantitative estimate of drug-likeness (QED) is 0.348. The number of hydrogen-bond acceptors (Lipinski definition) is 5. The number of rotatable bonds is 7. The molecule has 0 aliphatic carbocycles. The van der Waals surface area contributed by atoms with Crippen molar-refractivity contribution < 1.29 is 9.53 Å². The highest BCUT2D eigenvalue weighted by Crippen LogP contribution is 2.30. The number of nitrogens with zero attached hydrogens (tertiary/aromatic N) is 3. The molecule has 0 aliphatic heterocycles. The number of carbonyl (C=O) groups excluding carboxylic acids is 1. The van der Waals surface area contributed by atoms with Gasteiger partial charge in [0.15, 0.2) is 0 Å². The first-order valence-electron chi connectivity index (χ1n) is 11.3. The summed E-state index contributed by atoms with van der Waals surface area (Å²) in [5.41, 5.74) is 2.01. The Bertz CT molecular complexity index is 1380. The number of benzene rings is 2. The van der Waals surface area contributed by atoms with E-state index in [1.807, 2.05) is 72.7 Å². The number of carbonyl (C=O) groups is 1. The van der Waals surface area contributed by atoms with Gasteiger partial charge in [-0.3, -0.25) is 14.2 Å². The normalized spacial score (nSPS) is 12.2. The lowest BCUT2D eigenvalue weighted by Gasteiger charge is -2.31. The maximum Gasteiger partial charge on any atom is 0.266 e. The third-order valence-corrected chi connectivity index (χ3v) is 6.63. The van der Waals surface area contributed by atoms with E-state index in [1.54, 1.807) is 17.7 Å². The first-order valence-corrected chi connectivity index (χ1v) is 12.2. The van der Waals surface area contributed by atoms with Gasteiger partial charge in [0.25, 0.3) is 11.5 Å².